The van der Waals surface area contributed by atoms with Gasteiger partial charge in [0.25, 0.3) is 5.91 Å². The first-order valence-corrected chi connectivity index (χ1v) is 7.91. The number of fused-ring (bicyclic) bond motifs is 1. The molecule has 2 fully saturated rings. The lowest BCUT2D eigenvalue weighted by Gasteiger charge is -2.36. The molecular weight excluding hydrogens is 286 g/mol. The Hall–Kier alpha value is -1.83. The SMILES string of the molecule is CN1C(=O)NC(=O)C2C1N=C(NC1CCCCC1)N2CCO. The van der Waals surface area contributed by atoms with E-state index in [0.717, 1.165) is 12.8 Å². The van der Waals surface area contributed by atoms with Crippen molar-refractivity contribution in [3.8, 4) is 0 Å². The maximum Gasteiger partial charge on any atom is 0.325 e. The Morgan fingerprint density at radius 3 is 2.73 bits per heavy atom. The third-order valence-corrected chi connectivity index (χ3v) is 4.64. The number of aliphatic imine (C=N–C) groups is 1. The summed E-state index contributed by atoms with van der Waals surface area (Å²) in [5.74, 6) is 0.262. The van der Waals surface area contributed by atoms with Crippen LogP contribution in [-0.2, 0) is 4.79 Å². The molecule has 3 aliphatic rings. The number of imide groups is 1. The fourth-order valence-corrected chi connectivity index (χ4v) is 3.43. The number of carbonyl (C=O) groups excluding carboxylic acids is 2. The third kappa shape index (κ3) is 2.63. The summed E-state index contributed by atoms with van der Waals surface area (Å²) in [4.78, 5) is 31.7. The van der Waals surface area contributed by atoms with E-state index in [1.807, 2.05) is 0 Å². The predicted molar refractivity (Wildman–Crippen MR) is 80.1 cm³/mol. The van der Waals surface area contributed by atoms with Gasteiger partial charge in [0.2, 0.25) is 0 Å². The van der Waals surface area contributed by atoms with Crippen LogP contribution in [-0.4, -0.2) is 71.3 Å². The molecule has 0 aromatic carbocycles. The average molecular weight is 309 g/mol. The highest BCUT2D eigenvalue weighted by molar-refractivity contribution is 6.03. The molecule has 2 atom stereocenters. The molecule has 0 spiro atoms. The standard InChI is InChI=1S/C14H23N5O3/c1-18-11-10(12(21)17-14(18)22)19(7-8-20)13(16-11)15-9-5-3-2-4-6-9/h9-11,20H,2-8H2,1H3,(H,15,16)(H,17,21,22). The van der Waals surface area contributed by atoms with Crippen LogP contribution in [0, 0.1) is 0 Å². The number of hydrogen-bond acceptors (Lipinski definition) is 6. The molecule has 3 amide bonds. The summed E-state index contributed by atoms with van der Waals surface area (Å²) in [6.07, 6.45) is 5.28. The van der Waals surface area contributed by atoms with E-state index in [0.29, 0.717) is 18.5 Å². The van der Waals surface area contributed by atoms with Crippen molar-refractivity contribution in [2.24, 2.45) is 4.99 Å². The maximum absolute atomic E-state index is 12.2. The fraction of sp³-hybridized carbons (Fsp3) is 0.786. The molecular formula is C14H23N5O3. The molecule has 0 aromatic heterocycles. The minimum Gasteiger partial charge on any atom is -0.395 e. The Bertz CT molecular complexity index is 489. The molecule has 8 nitrogen and oxygen atoms in total. The number of aliphatic hydroxyl groups excluding tert-OH is 1. The third-order valence-electron chi connectivity index (χ3n) is 4.64. The molecule has 1 saturated carbocycles. The summed E-state index contributed by atoms with van der Waals surface area (Å²) >= 11 is 0. The second-order valence-electron chi connectivity index (χ2n) is 6.11. The first-order valence-electron chi connectivity index (χ1n) is 7.91. The molecule has 0 bridgehead atoms. The maximum atomic E-state index is 12.2. The van der Waals surface area contributed by atoms with Crippen LogP contribution in [0.4, 0.5) is 4.79 Å². The largest absolute Gasteiger partial charge is 0.395 e. The number of hydrogen-bond donors (Lipinski definition) is 3. The highest BCUT2D eigenvalue weighted by Crippen LogP contribution is 2.24. The van der Waals surface area contributed by atoms with E-state index in [1.54, 1.807) is 11.9 Å². The van der Waals surface area contributed by atoms with Gasteiger partial charge in [-0.05, 0) is 12.8 Å². The Morgan fingerprint density at radius 1 is 1.32 bits per heavy atom. The van der Waals surface area contributed by atoms with Crippen molar-refractivity contribution in [1.82, 2.24) is 20.4 Å². The zero-order valence-electron chi connectivity index (χ0n) is 12.8. The van der Waals surface area contributed by atoms with E-state index in [4.69, 9.17) is 0 Å². The summed E-state index contributed by atoms with van der Waals surface area (Å²) in [6, 6.07) is -0.656. The summed E-state index contributed by atoms with van der Waals surface area (Å²) < 4.78 is 0. The number of aliphatic hydroxyl groups is 1. The lowest BCUT2D eigenvalue weighted by Crippen LogP contribution is -2.64. The molecule has 2 heterocycles. The topological polar surface area (TPSA) is 97.3 Å². The van der Waals surface area contributed by atoms with Crippen LogP contribution in [0.2, 0.25) is 0 Å². The van der Waals surface area contributed by atoms with E-state index in [-0.39, 0.29) is 12.5 Å². The summed E-state index contributed by atoms with van der Waals surface area (Å²) in [6.45, 7) is 0.245. The van der Waals surface area contributed by atoms with Gasteiger partial charge >= 0.3 is 6.03 Å². The summed E-state index contributed by atoms with van der Waals surface area (Å²) in [5.41, 5.74) is 0. The quantitative estimate of drug-likeness (QED) is 0.650. The van der Waals surface area contributed by atoms with Crippen molar-refractivity contribution < 1.29 is 14.7 Å². The second kappa shape index (κ2) is 6.12. The van der Waals surface area contributed by atoms with Crippen LogP contribution in [0.15, 0.2) is 4.99 Å². The minimum atomic E-state index is -0.569. The average Bonchev–Trinajstić information content (AvgIpc) is 2.86. The van der Waals surface area contributed by atoms with Gasteiger partial charge in [0.15, 0.2) is 18.2 Å². The molecule has 3 N–H and O–H groups in total. The van der Waals surface area contributed by atoms with Crippen molar-refractivity contribution in [3.63, 3.8) is 0 Å². The number of rotatable bonds is 3. The van der Waals surface area contributed by atoms with Crippen molar-refractivity contribution in [2.45, 2.75) is 50.4 Å². The molecule has 122 valence electrons. The van der Waals surface area contributed by atoms with Crippen LogP contribution >= 0.6 is 0 Å². The first-order chi connectivity index (χ1) is 10.6. The normalized spacial score (nSPS) is 29.3. The van der Waals surface area contributed by atoms with Crippen LogP contribution in [0.25, 0.3) is 0 Å². The van der Waals surface area contributed by atoms with Gasteiger partial charge in [0, 0.05) is 19.6 Å². The lowest BCUT2D eigenvalue weighted by molar-refractivity contribution is -0.127. The van der Waals surface area contributed by atoms with E-state index in [1.165, 1.54) is 24.2 Å². The highest BCUT2D eigenvalue weighted by atomic mass is 16.3. The molecule has 22 heavy (non-hydrogen) atoms. The zero-order valence-corrected chi connectivity index (χ0v) is 12.8. The second-order valence-corrected chi connectivity index (χ2v) is 6.11. The number of amides is 3. The molecule has 2 aliphatic heterocycles. The predicted octanol–water partition coefficient (Wildman–Crippen LogP) is -0.551. The van der Waals surface area contributed by atoms with Crippen molar-refractivity contribution in [3.05, 3.63) is 0 Å². The van der Waals surface area contributed by atoms with Crippen molar-refractivity contribution in [1.29, 1.82) is 0 Å². The Kier molecular flexibility index (Phi) is 4.19. The van der Waals surface area contributed by atoms with Crippen LogP contribution in [0.5, 0.6) is 0 Å². The van der Waals surface area contributed by atoms with Crippen LogP contribution < -0.4 is 10.6 Å². The zero-order chi connectivity index (χ0) is 15.7. The van der Waals surface area contributed by atoms with Crippen molar-refractivity contribution in [2.75, 3.05) is 20.2 Å². The monoisotopic (exact) mass is 309 g/mol. The van der Waals surface area contributed by atoms with Gasteiger partial charge in [0.1, 0.15) is 0 Å². The fourth-order valence-electron chi connectivity index (χ4n) is 3.43. The van der Waals surface area contributed by atoms with Gasteiger partial charge in [-0.15, -0.1) is 0 Å². The van der Waals surface area contributed by atoms with E-state index >= 15 is 0 Å². The summed E-state index contributed by atoms with van der Waals surface area (Å²) in [7, 11) is 1.63. The molecule has 0 aromatic rings. The van der Waals surface area contributed by atoms with Gasteiger partial charge in [-0.1, -0.05) is 19.3 Å². The molecule has 2 unspecified atom stereocenters. The smallest absolute Gasteiger partial charge is 0.325 e. The molecule has 3 rings (SSSR count). The van der Waals surface area contributed by atoms with Gasteiger partial charge < -0.3 is 20.2 Å². The van der Waals surface area contributed by atoms with Gasteiger partial charge in [-0.3, -0.25) is 10.1 Å². The molecule has 8 heteroatoms. The number of carbonyl (C=O) groups is 2. The van der Waals surface area contributed by atoms with Crippen LogP contribution in [0.1, 0.15) is 32.1 Å². The van der Waals surface area contributed by atoms with Gasteiger partial charge in [0.05, 0.1) is 6.61 Å². The van der Waals surface area contributed by atoms with E-state index in [2.05, 4.69) is 15.6 Å². The van der Waals surface area contributed by atoms with Crippen LogP contribution in [0.3, 0.4) is 0 Å². The Morgan fingerprint density at radius 2 is 2.05 bits per heavy atom. The molecule has 1 aliphatic carbocycles. The highest BCUT2D eigenvalue weighted by Gasteiger charge is 2.48. The number of nitrogens with one attached hydrogen (secondary N) is 2. The number of guanidine groups is 1. The number of urea groups is 1. The Balaban J connectivity index is 1.80. The van der Waals surface area contributed by atoms with E-state index < -0.39 is 18.2 Å². The number of β-amino-alcohol motifs (C(OH)–C–C–N with tert-alkyl or cyclic N) is 1. The lowest BCUT2D eigenvalue weighted by atomic mass is 9.96. The number of likely N-dealkylation sites (N-methyl/N-ethyl adjacent to an activating group) is 1. The van der Waals surface area contributed by atoms with Gasteiger partial charge in [-0.25, -0.2) is 9.79 Å². The summed E-state index contributed by atoms with van der Waals surface area (Å²) in [5, 5.41) is 15.1. The van der Waals surface area contributed by atoms with Gasteiger partial charge in [-0.2, -0.15) is 0 Å². The van der Waals surface area contributed by atoms with E-state index in [9.17, 15) is 14.7 Å². The molecule has 1 saturated heterocycles. The van der Waals surface area contributed by atoms with Crippen molar-refractivity contribution >= 4 is 17.9 Å². The molecule has 0 radical (unpaired) electrons. The first kappa shape index (κ1) is 15.1. The number of nitrogens with zero attached hydrogens (tertiary/aromatic N) is 3. The minimum absolute atomic E-state index is 0.0699. The Labute approximate surface area is 129 Å².